The smallest absolute Gasteiger partial charge is 0.226 e. The number of benzene rings is 1. The van der Waals surface area contributed by atoms with Gasteiger partial charge in [-0.05, 0) is 30.9 Å². The number of carbonyl (C=O) groups excluding carboxylic acids is 1. The van der Waals surface area contributed by atoms with Gasteiger partial charge in [0.05, 0.1) is 0 Å². The molecule has 0 N–H and O–H groups in total. The van der Waals surface area contributed by atoms with Gasteiger partial charge in [-0.1, -0.05) is 29.8 Å². The molecule has 0 spiro atoms. The van der Waals surface area contributed by atoms with Crippen molar-refractivity contribution in [2.45, 2.75) is 19.3 Å². The van der Waals surface area contributed by atoms with E-state index < -0.39 is 0 Å². The van der Waals surface area contributed by atoms with E-state index in [1.807, 2.05) is 38.2 Å². The molecule has 1 aromatic rings. The maximum absolute atomic E-state index is 11.9. The zero-order chi connectivity index (χ0) is 11.7. The van der Waals surface area contributed by atoms with E-state index in [0.29, 0.717) is 5.92 Å². The van der Waals surface area contributed by atoms with Crippen molar-refractivity contribution in [2.75, 3.05) is 13.6 Å². The van der Waals surface area contributed by atoms with Crippen molar-refractivity contribution in [1.29, 1.82) is 0 Å². The molecule has 2 unspecified atom stereocenters. The summed E-state index contributed by atoms with van der Waals surface area (Å²) in [6.07, 6.45) is 0.937. The second-order valence-electron chi connectivity index (χ2n) is 4.32. The Morgan fingerprint density at radius 2 is 2.19 bits per heavy atom. The van der Waals surface area contributed by atoms with E-state index in [9.17, 15) is 4.79 Å². The summed E-state index contributed by atoms with van der Waals surface area (Å²) in [6.45, 7) is 2.76. The fraction of sp³-hybridized carbons (Fsp3) is 0.462. The first-order chi connectivity index (χ1) is 7.65. The van der Waals surface area contributed by atoms with Gasteiger partial charge in [-0.25, -0.2) is 0 Å². The Bertz CT molecular complexity index is 405. The van der Waals surface area contributed by atoms with Crippen LogP contribution in [0.1, 0.15) is 24.8 Å². The summed E-state index contributed by atoms with van der Waals surface area (Å²) in [7, 11) is 1.85. The number of nitrogens with zero attached hydrogens (tertiary/aromatic N) is 1. The summed E-state index contributed by atoms with van der Waals surface area (Å²) in [5.41, 5.74) is 1.12. The Hall–Kier alpha value is -1.02. The van der Waals surface area contributed by atoms with Crippen LogP contribution in [0.15, 0.2) is 24.3 Å². The van der Waals surface area contributed by atoms with E-state index >= 15 is 0 Å². The minimum atomic E-state index is 0.143. The van der Waals surface area contributed by atoms with Crippen LogP contribution in [0.5, 0.6) is 0 Å². The van der Waals surface area contributed by atoms with Crippen LogP contribution in [0.25, 0.3) is 0 Å². The van der Waals surface area contributed by atoms with E-state index in [4.69, 9.17) is 11.6 Å². The molecule has 0 saturated heterocycles. The highest BCUT2D eigenvalue weighted by molar-refractivity contribution is 6.31. The SMILES string of the molecule is CCN(C)C(=O)C1CC1c1ccccc1Cl. The molecule has 2 atom stereocenters. The minimum Gasteiger partial charge on any atom is -0.346 e. The standard InChI is InChI=1S/C13H16ClNO/c1-3-15(2)13(16)11-8-10(11)9-6-4-5-7-12(9)14/h4-7,10-11H,3,8H2,1-2H3. The molecule has 86 valence electrons. The summed E-state index contributed by atoms with van der Waals surface area (Å²) >= 11 is 6.12. The first kappa shape index (κ1) is 11.5. The topological polar surface area (TPSA) is 20.3 Å². The third-order valence-corrected chi connectivity index (χ3v) is 3.61. The molecule has 16 heavy (non-hydrogen) atoms. The first-order valence-electron chi connectivity index (χ1n) is 5.64. The number of rotatable bonds is 3. The predicted molar refractivity (Wildman–Crippen MR) is 65.6 cm³/mol. The van der Waals surface area contributed by atoms with Crippen molar-refractivity contribution in [3.05, 3.63) is 34.9 Å². The van der Waals surface area contributed by atoms with Gasteiger partial charge in [-0.2, -0.15) is 0 Å². The Labute approximate surface area is 101 Å². The van der Waals surface area contributed by atoms with E-state index in [-0.39, 0.29) is 11.8 Å². The number of hydrogen-bond donors (Lipinski definition) is 0. The summed E-state index contributed by atoms with van der Waals surface area (Å²) < 4.78 is 0. The summed E-state index contributed by atoms with van der Waals surface area (Å²) in [5.74, 6) is 0.715. The second kappa shape index (κ2) is 4.46. The fourth-order valence-electron chi connectivity index (χ4n) is 2.03. The van der Waals surface area contributed by atoms with Crippen molar-refractivity contribution in [3.63, 3.8) is 0 Å². The number of halogens is 1. The van der Waals surface area contributed by atoms with Gasteiger partial charge in [0.25, 0.3) is 0 Å². The van der Waals surface area contributed by atoms with Gasteiger partial charge in [-0.3, -0.25) is 4.79 Å². The first-order valence-corrected chi connectivity index (χ1v) is 6.02. The molecule has 0 aromatic heterocycles. The van der Waals surface area contributed by atoms with Gasteiger partial charge in [0.2, 0.25) is 5.91 Å². The van der Waals surface area contributed by atoms with Crippen LogP contribution in [0, 0.1) is 5.92 Å². The molecule has 0 aliphatic heterocycles. The summed E-state index contributed by atoms with van der Waals surface area (Å²) in [6, 6.07) is 7.81. The Balaban J connectivity index is 2.07. The van der Waals surface area contributed by atoms with E-state index in [0.717, 1.165) is 23.6 Å². The molecule has 1 aromatic carbocycles. The minimum absolute atomic E-state index is 0.143. The highest BCUT2D eigenvalue weighted by Crippen LogP contribution is 2.50. The predicted octanol–water partition coefficient (Wildman–Crippen LogP) is 2.92. The Morgan fingerprint density at radius 1 is 1.50 bits per heavy atom. The lowest BCUT2D eigenvalue weighted by Gasteiger charge is -2.14. The monoisotopic (exact) mass is 237 g/mol. The zero-order valence-corrected chi connectivity index (χ0v) is 10.4. The molecule has 3 heteroatoms. The van der Waals surface area contributed by atoms with Gasteiger partial charge in [0.15, 0.2) is 0 Å². The van der Waals surface area contributed by atoms with Gasteiger partial charge in [-0.15, -0.1) is 0 Å². The van der Waals surface area contributed by atoms with Gasteiger partial charge >= 0.3 is 0 Å². The lowest BCUT2D eigenvalue weighted by molar-refractivity contribution is -0.131. The van der Waals surface area contributed by atoms with Crippen molar-refractivity contribution >= 4 is 17.5 Å². The van der Waals surface area contributed by atoms with E-state index in [1.165, 1.54) is 0 Å². The second-order valence-corrected chi connectivity index (χ2v) is 4.73. The zero-order valence-electron chi connectivity index (χ0n) is 9.61. The average Bonchev–Trinajstić information content (AvgIpc) is 3.07. The molecule has 1 aliphatic carbocycles. The van der Waals surface area contributed by atoms with Crippen LogP contribution in [0.3, 0.4) is 0 Å². The number of hydrogen-bond acceptors (Lipinski definition) is 1. The average molecular weight is 238 g/mol. The molecule has 0 heterocycles. The molecular weight excluding hydrogens is 222 g/mol. The molecule has 1 saturated carbocycles. The third-order valence-electron chi connectivity index (χ3n) is 3.26. The number of amides is 1. The van der Waals surface area contributed by atoms with Crippen LogP contribution in [-0.4, -0.2) is 24.4 Å². The molecule has 2 rings (SSSR count). The molecule has 1 amide bonds. The highest BCUT2D eigenvalue weighted by atomic mass is 35.5. The molecule has 0 radical (unpaired) electrons. The van der Waals surface area contributed by atoms with Gasteiger partial charge < -0.3 is 4.90 Å². The lowest BCUT2D eigenvalue weighted by atomic mass is 10.1. The van der Waals surface area contributed by atoms with Crippen LogP contribution in [0.2, 0.25) is 5.02 Å². The van der Waals surface area contributed by atoms with Crippen LogP contribution >= 0.6 is 11.6 Å². The maximum Gasteiger partial charge on any atom is 0.226 e. The third kappa shape index (κ3) is 2.07. The van der Waals surface area contributed by atoms with Crippen LogP contribution in [0.4, 0.5) is 0 Å². The van der Waals surface area contributed by atoms with Crippen molar-refractivity contribution in [3.8, 4) is 0 Å². The van der Waals surface area contributed by atoms with Crippen molar-refractivity contribution < 1.29 is 4.79 Å². The lowest BCUT2D eigenvalue weighted by Crippen LogP contribution is -2.28. The quantitative estimate of drug-likeness (QED) is 0.792. The molecule has 1 aliphatic rings. The largest absolute Gasteiger partial charge is 0.346 e. The molecule has 2 nitrogen and oxygen atoms in total. The van der Waals surface area contributed by atoms with Gasteiger partial charge in [0.1, 0.15) is 0 Å². The van der Waals surface area contributed by atoms with Crippen LogP contribution < -0.4 is 0 Å². The summed E-state index contributed by atoms with van der Waals surface area (Å²) in [4.78, 5) is 13.7. The molecule has 1 fully saturated rings. The normalized spacial score (nSPS) is 22.9. The van der Waals surface area contributed by atoms with E-state index in [1.54, 1.807) is 4.90 Å². The molecule has 0 bridgehead atoms. The fourth-order valence-corrected chi connectivity index (χ4v) is 2.30. The maximum atomic E-state index is 11.9. The van der Waals surface area contributed by atoms with Crippen molar-refractivity contribution in [1.82, 2.24) is 4.90 Å². The molecular formula is C13H16ClNO. The van der Waals surface area contributed by atoms with Crippen molar-refractivity contribution in [2.24, 2.45) is 5.92 Å². The Kier molecular flexibility index (Phi) is 3.20. The van der Waals surface area contributed by atoms with E-state index in [2.05, 4.69) is 0 Å². The van der Waals surface area contributed by atoms with Gasteiger partial charge in [0, 0.05) is 24.5 Å². The summed E-state index contributed by atoms with van der Waals surface area (Å²) in [5, 5.41) is 0.780. The number of carbonyl (C=O) groups is 1. The highest BCUT2D eigenvalue weighted by Gasteiger charge is 2.45. The van der Waals surface area contributed by atoms with Crippen LogP contribution in [-0.2, 0) is 4.79 Å². The Morgan fingerprint density at radius 3 is 2.81 bits per heavy atom.